The Morgan fingerprint density at radius 3 is 1.35 bits per heavy atom. The third-order valence-electron chi connectivity index (χ3n) is 4.27. The topological polar surface area (TPSA) is 68.6 Å². The summed E-state index contributed by atoms with van der Waals surface area (Å²) in [6, 6.07) is 0. The Kier molecular flexibility index (Phi) is 6.21. The van der Waals surface area contributed by atoms with Crippen LogP contribution < -0.4 is 0 Å². The Balaban J connectivity index is 1.80. The van der Waals surface area contributed by atoms with Crippen LogP contribution in [-0.4, -0.2) is 25.7 Å². The summed E-state index contributed by atoms with van der Waals surface area (Å²) in [4.78, 5) is 29.9. The van der Waals surface area contributed by atoms with Crippen molar-refractivity contribution in [1.82, 2.24) is 19.9 Å². The monoisotopic (exact) mass is 354 g/mol. The molecule has 0 fully saturated rings. The summed E-state index contributed by atoms with van der Waals surface area (Å²) in [6.07, 6.45) is 9.41. The molecule has 2 rings (SSSR count). The number of carbonyl (C=O) groups is 1. The molecule has 2 heterocycles. The number of hydrogen-bond acceptors (Lipinski definition) is 5. The highest BCUT2D eigenvalue weighted by atomic mass is 16.1. The third-order valence-corrected chi connectivity index (χ3v) is 4.27. The van der Waals surface area contributed by atoms with E-state index in [1.165, 1.54) is 0 Å². The first-order valence-electron chi connectivity index (χ1n) is 9.20. The molecule has 5 nitrogen and oxygen atoms in total. The largest absolute Gasteiger partial charge is 0.300 e. The Bertz CT molecular complexity index is 659. The molecule has 0 aliphatic rings. The van der Waals surface area contributed by atoms with Crippen molar-refractivity contribution in [3.63, 3.8) is 0 Å². The Morgan fingerprint density at radius 2 is 1.08 bits per heavy atom. The van der Waals surface area contributed by atoms with Crippen molar-refractivity contribution in [2.75, 3.05) is 0 Å². The van der Waals surface area contributed by atoms with Gasteiger partial charge in [0, 0.05) is 48.5 Å². The molecule has 0 N–H and O–H groups in total. The van der Waals surface area contributed by atoms with Crippen LogP contribution in [0.3, 0.4) is 0 Å². The van der Waals surface area contributed by atoms with Gasteiger partial charge in [0.15, 0.2) is 0 Å². The molecule has 0 atom stereocenters. The zero-order chi connectivity index (χ0) is 19.4. The summed E-state index contributed by atoms with van der Waals surface area (Å²) in [5.41, 5.74) is 3.63. The van der Waals surface area contributed by atoms with Crippen LogP contribution in [0, 0.1) is 0 Å². The SMILES string of the molecule is CC(C)(C)c1cnc(CCC(=O)CCc2cnc(C(C)(C)C)cn2)cn1. The van der Waals surface area contributed by atoms with Crippen LogP contribution in [0.15, 0.2) is 24.8 Å². The van der Waals surface area contributed by atoms with Crippen LogP contribution in [0.25, 0.3) is 0 Å². The van der Waals surface area contributed by atoms with Crippen LogP contribution in [0.2, 0.25) is 0 Å². The van der Waals surface area contributed by atoms with Gasteiger partial charge in [-0.25, -0.2) is 0 Å². The highest BCUT2D eigenvalue weighted by Crippen LogP contribution is 2.19. The van der Waals surface area contributed by atoms with Gasteiger partial charge < -0.3 is 0 Å². The minimum atomic E-state index is -0.00900. The predicted octanol–water partition coefficient (Wildman–Crippen LogP) is 4.00. The number of Topliss-reactive ketones (excluding diaryl/α,β-unsaturated/α-hetero) is 1. The number of carbonyl (C=O) groups excluding carboxylic acids is 1. The maximum Gasteiger partial charge on any atom is 0.133 e. The highest BCUT2D eigenvalue weighted by molar-refractivity contribution is 5.78. The number of ketones is 1. The van der Waals surface area contributed by atoms with E-state index in [-0.39, 0.29) is 16.6 Å². The molecular formula is C21H30N4O. The van der Waals surface area contributed by atoms with Crippen LogP contribution in [0.4, 0.5) is 0 Å². The van der Waals surface area contributed by atoms with Gasteiger partial charge in [-0.2, -0.15) is 0 Å². The lowest BCUT2D eigenvalue weighted by Gasteiger charge is -2.17. The zero-order valence-corrected chi connectivity index (χ0v) is 16.8. The summed E-state index contributed by atoms with van der Waals surface area (Å²) in [5, 5.41) is 0. The summed E-state index contributed by atoms with van der Waals surface area (Å²) in [6.45, 7) is 12.6. The molecule has 0 bridgehead atoms. The molecule has 0 amide bonds. The first kappa shape index (κ1) is 20.1. The third kappa shape index (κ3) is 5.97. The number of rotatable bonds is 6. The normalized spacial score (nSPS) is 12.2. The molecule has 2 aromatic rings. The Morgan fingerprint density at radius 1 is 0.692 bits per heavy atom. The fourth-order valence-electron chi connectivity index (χ4n) is 2.40. The number of aryl methyl sites for hydroxylation is 2. The fourth-order valence-corrected chi connectivity index (χ4v) is 2.40. The molecule has 0 saturated heterocycles. The molecule has 26 heavy (non-hydrogen) atoms. The summed E-state index contributed by atoms with van der Waals surface area (Å²) < 4.78 is 0. The van der Waals surface area contributed by atoms with Crippen molar-refractivity contribution in [3.05, 3.63) is 47.6 Å². The highest BCUT2D eigenvalue weighted by Gasteiger charge is 2.16. The minimum absolute atomic E-state index is 0.00900. The summed E-state index contributed by atoms with van der Waals surface area (Å²) >= 11 is 0. The van der Waals surface area contributed by atoms with Gasteiger partial charge in [0.1, 0.15) is 5.78 Å². The van der Waals surface area contributed by atoms with Gasteiger partial charge in [0.05, 0.1) is 22.8 Å². The molecule has 2 aromatic heterocycles. The lowest BCUT2D eigenvalue weighted by atomic mass is 9.93. The first-order chi connectivity index (χ1) is 12.1. The van der Waals surface area contributed by atoms with Crippen molar-refractivity contribution >= 4 is 5.78 Å². The van der Waals surface area contributed by atoms with Crippen LogP contribution >= 0.6 is 0 Å². The van der Waals surface area contributed by atoms with Crippen molar-refractivity contribution < 1.29 is 4.79 Å². The molecule has 0 radical (unpaired) electrons. The quantitative estimate of drug-likeness (QED) is 0.784. The van der Waals surface area contributed by atoms with E-state index in [1.807, 2.05) is 12.4 Å². The van der Waals surface area contributed by atoms with Crippen LogP contribution in [0.1, 0.15) is 77.2 Å². The molecule has 0 aliphatic carbocycles. The van der Waals surface area contributed by atoms with Gasteiger partial charge >= 0.3 is 0 Å². The van der Waals surface area contributed by atoms with Crippen molar-refractivity contribution in [1.29, 1.82) is 0 Å². The maximum atomic E-state index is 12.1. The molecule has 0 aromatic carbocycles. The molecule has 0 saturated carbocycles. The average Bonchev–Trinajstić information content (AvgIpc) is 2.57. The van der Waals surface area contributed by atoms with Gasteiger partial charge in [0.25, 0.3) is 0 Å². The zero-order valence-electron chi connectivity index (χ0n) is 16.8. The second kappa shape index (κ2) is 8.02. The smallest absolute Gasteiger partial charge is 0.133 e. The second-order valence-electron chi connectivity index (χ2n) is 8.82. The van der Waals surface area contributed by atoms with E-state index in [0.29, 0.717) is 25.7 Å². The summed E-state index contributed by atoms with van der Waals surface area (Å²) in [5.74, 6) is 0.216. The molecule has 0 unspecified atom stereocenters. The predicted molar refractivity (Wildman–Crippen MR) is 103 cm³/mol. The minimum Gasteiger partial charge on any atom is -0.300 e. The average molecular weight is 354 g/mol. The molecule has 5 heteroatoms. The standard InChI is InChI=1S/C21H30N4O/c1-20(2,3)18-13-22-15(11-24-18)7-9-17(26)10-8-16-12-25-19(14-23-16)21(4,5)6/h11-14H,7-10H2,1-6H3. The van der Waals surface area contributed by atoms with Gasteiger partial charge in [-0.1, -0.05) is 41.5 Å². The van der Waals surface area contributed by atoms with E-state index in [2.05, 4.69) is 61.5 Å². The van der Waals surface area contributed by atoms with Crippen molar-refractivity contribution in [3.8, 4) is 0 Å². The van der Waals surface area contributed by atoms with E-state index in [1.54, 1.807) is 12.4 Å². The lowest BCUT2D eigenvalue weighted by Crippen LogP contribution is -2.14. The van der Waals surface area contributed by atoms with E-state index in [4.69, 9.17) is 0 Å². The lowest BCUT2D eigenvalue weighted by molar-refractivity contribution is -0.119. The Labute approximate surface area is 156 Å². The fraction of sp³-hybridized carbons (Fsp3) is 0.571. The first-order valence-corrected chi connectivity index (χ1v) is 9.20. The number of nitrogens with zero attached hydrogens (tertiary/aromatic N) is 4. The van der Waals surface area contributed by atoms with E-state index in [9.17, 15) is 4.79 Å². The van der Waals surface area contributed by atoms with E-state index >= 15 is 0 Å². The van der Waals surface area contributed by atoms with Crippen molar-refractivity contribution in [2.45, 2.75) is 78.1 Å². The maximum absolute atomic E-state index is 12.1. The summed E-state index contributed by atoms with van der Waals surface area (Å²) in [7, 11) is 0. The number of aromatic nitrogens is 4. The molecule has 0 aliphatic heterocycles. The second-order valence-corrected chi connectivity index (χ2v) is 8.82. The van der Waals surface area contributed by atoms with Crippen LogP contribution in [0.5, 0.6) is 0 Å². The molecular weight excluding hydrogens is 324 g/mol. The van der Waals surface area contributed by atoms with Gasteiger partial charge in [-0.3, -0.25) is 24.7 Å². The van der Waals surface area contributed by atoms with Crippen molar-refractivity contribution in [2.24, 2.45) is 0 Å². The molecule has 0 spiro atoms. The Hall–Kier alpha value is -2.17. The van der Waals surface area contributed by atoms with Gasteiger partial charge in [-0.05, 0) is 12.8 Å². The van der Waals surface area contributed by atoms with Crippen LogP contribution in [-0.2, 0) is 28.5 Å². The van der Waals surface area contributed by atoms with Gasteiger partial charge in [-0.15, -0.1) is 0 Å². The number of hydrogen-bond donors (Lipinski definition) is 0. The molecule has 140 valence electrons. The van der Waals surface area contributed by atoms with Gasteiger partial charge in [0.2, 0.25) is 0 Å². The van der Waals surface area contributed by atoms with E-state index in [0.717, 1.165) is 22.8 Å². The van der Waals surface area contributed by atoms with E-state index < -0.39 is 0 Å².